The summed E-state index contributed by atoms with van der Waals surface area (Å²) in [6.45, 7) is 3.52. The molecule has 2 aromatic carbocycles. The molecule has 1 amide bonds. The number of para-hydroxylation sites is 1. The number of carbonyl (C=O) groups excluding carboxylic acids is 2. The van der Waals surface area contributed by atoms with Crippen LogP contribution in [0.5, 0.6) is 5.75 Å². The number of methoxy groups -OCH3 is 1. The Morgan fingerprint density at radius 1 is 1.09 bits per heavy atom. The number of hydrogen-bond donors (Lipinski definition) is 1. The second-order valence-electron chi connectivity index (χ2n) is 5.08. The van der Waals surface area contributed by atoms with Gasteiger partial charge in [-0.05, 0) is 43.7 Å². The molecule has 0 aromatic heterocycles. The van der Waals surface area contributed by atoms with Crippen LogP contribution >= 0.6 is 0 Å². The van der Waals surface area contributed by atoms with E-state index >= 15 is 0 Å². The number of aryl methyl sites for hydroxylation is 1. The Morgan fingerprint density at radius 3 is 2.43 bits per heavy atom. The second kappa shape index (κ2) is 7.45. The predicted octanol–water partition coefficient (Wildman–Crippen LogP) is 3.19. The summed E-state index contributed by atoms with van der Waals surface area (Å²) in [5.41, 5.74) is 1.78. The van der Waals surface area contributed by atoms with E-state index in [-0.39, 0.29) is 5.91 Å². The van der Waals surface area contributed by atoms with Gasteiger partial charge in [0.1, 0.15) is 5.75 Å². The average Bonchev–Trinajstić information content (AvgIpc) is 2.56. The van der Waals surface area contributed by atoms with Gasteiger partial charge in [-0.25, -0.2) is 4.79 Å². The van der Waals surface area contributed by atoms with E-state index in [0.717, 1.165) is 5.56 Å². The van der Waals surface area contributed by atoms with E-state index in [2.05, 4.69) is 10.1 Å². The molecule has 2 rings (SSSR count). The molecule has 0 saturated heterocycles. The molecule has 2 aromatic rings. The van der Waals surface area contributed by atoms with Crippen LogP contribution < -0.4 is 10.1 Å². The average molecular weight is 313 g/mol. The first-order chi connectivity index (χ1) is 11.0. The summed E-state index contributed by atoms with van der Waals surface area (Å²) in [4.78, 5) is 23.8. The largest absolute Gasteiger partial charge is 0.481 e. The van der Waals surface area contributed by atoms with Gasteiger partial charge in [0.25, 0.3) is 5.91 Å². The standard InChI is InChI=1S/C18H19NO4/c1-12-9-10-14(18(21)22-3)11-16(12)19-17(20)13(2)23-15-7-5-4-6-8-15/h4-11,13H,1-3H3,(H,19,20). The van der Waals surface area contributed by atoms with Gasteiger partial charge >= 0.3 is 5.97 Å². The third kappa shape index (κ3) is 4.32. The lowest BCUT2D eigenvalue weighted by molar-refractivity contribution is -0.122. The summed E-state index contributed by atoms with van der Waals surface area (Å²) < 4.78 is 10.3. The van der Waals surface area contributed by atoms with Crippen LogP contribution in [0.3, 0.4) is 0 Å². The van der Waals surface area contributed by atoms with Crippen molar-refractivity contribution in [3.05, 3.63) is 59.7 Å². The Labute approximate surface area is 135 Å². The van der Waals surface area contributed by atoms with E-state index in [1.165, 1.54) is 7.11 Å². The van der Waals surface area contributed by atoms with Gasteiger partial charge < -0.3 is 14.8 Å². The summed E-state index contributed by atoms with van der Waals surface area (Å²) in [5, 5.41) is 2.78. The highest BCUT2D eigenvalue weighted by Crippen LogP contribution is 2.19. The zero-order valence-corrected chi connectivity index (χ0v) is 13.3. The number of anilines is 1. The number of nitrogens with one attached hydrogen (secondary N) is 1. The molecule has 5 nitrogen and oxygen atoms in total. The van der Waals surface area contributed by atoms with Gasteiger partial charge in [0.2, 0.25) is 0 Å². The SMILES string of the molecule is COC(=O)c1ccc(C)c(NC(=O)C(C)Oc2ccccc2)c1. The molecule has 5 heteroatoms. The molecule has 0 saturated carbocycles. The number of benzene rings is 2. The topological polar surface area (TPSA) is 64.6 Å². The molecule has 120 valence electrons. The minimum atomic E-state index is -0.668. The Bertz CT molecular complexity index is 697. The maximum Gasteiger partial charge on any atom is 0.337 e. The van der Waals surface area contributed by atoms with E-state index < -0.39 is 12.1 Å². The van der Waals surface area contributed by atoms with Crippen molar-refractivity contribution in [2.24, 2.45) is 0 Å². The number of carbonyl (C=O) groups is 2. The summed E-state index contributed by atoms with van der Waals surface area (Å²) in [6, 6.07) is 14.1. The molecule has 0 aliphatic heterocycles. The van der Waals surface area contributed by atoms with E-state index in [1.54, 1.807) is 37.3 Å². The minimum absolute atomic E-state index is 0.293. The number of ether oxygens (including phenoxy) is 2. The molecule has 23 heavy (non-hydrogen) atoms. The number of hydrogen-bond acceptors (Lipinski definition) is 4. The van der Waals surface area contributed by atoms with Crippen molar-refractivity contribution in [3.63, 3.8) is 0 Å². The lowest BCUT2D eigenvalue weighted by Crippen LogP contribution is -2.30. The van der Waals surface area contributed by atoms with Crippen LogP contribution in [0, 0.1) is 6.92 Å². The highest BCUT2D eigenvalue weighted by Gasteiger charge is 2.17. The zero-order valence-electron chi connectivity index (χ0n) is 13.3. The molecule has 0 fully saturated rings. The van der Waals surface area contributed by atoms with Crippen molar-refractivity contribution in [1.29, 1.82) is 0 Å². The van der Waals surface area contributed by atoms with Gasteiger partial charge in [0, 0.05) is 5.69 Å². The molecule has 0 spiro atoms. The summed E-state index contributed by atoms with van der Waals surface area (Å²) >= 11 is 0. The quantitative estimate of drug-likeness (QED) is 0.861. The Hall–Kier alpha value is -2.82. The van der Waals surface area contributed by atoms with Crippen molar-refractivity contribution < 1.29 is 19.1 Å². The lowest BCUT2D eigenvalue weighted by Gasteiger charge is -2.16. The molecular weight excluding hydrogens is 294 g/mol. The van der Waals surface area contributed by atoms with Gasteiger partial charge in [-0.3, -0.25) is 4.79 Å². The van der Waals surface area contributed by atoms with Gasteiger partial charge in [-0.15, -0.1) is 0 Å². The fourth-order valence-corrected chi connectivity index (χ4v) is 1.99. The van der Waals surface area contributed by atoms with Gasteiger partial charge in [-0.1, -0.05) is 24.3 Å². The maximum atomic E-state index is 12.3. The van der Waals surface area contributed by atoms with E-state index in [1.807, 2.05) is 25.1 Å². The van der Waals surface area contributed by atoms with E-state index in [4.69, 9.17) is 4.74 Å². The van der Waals surface area contributed by atoms with Crippen molar-refractivity contribution >= 4 is 17.6 Å². The van der Waals surface area contributed by atoms with Crippen LogP contribution in [-0.2, 0) is 9.53 Å². The normalized spacial score (nSPS) is 11.4. The van der Waals surface area contributed by atoms with Gasteiger partial charge in [0.15, 0.2) is 6.10 Å². The second-order valence-corrected chi connectivity index (χ2v) is 5.08. The van der Waals surface area contributed by atoms with Crippen LogP contribution in [0.4, 0.5) is 5.69 Å². The molecule has 0 radical (unpaired) electrons. The Kier molecular flexibility index (Phi) is 5.36. The lowest BCUT2D eigenvalue weighted by atomic mass is 10.1. The summed E-state index contributed by atoms with van der Waals surface area (Å²) in [5.74, 6) is -0.122. The van der Waals surface area contributed by atoms with Gasteiger partial charge in [0.05, 0.1) is 12.7 Å². The Morgan fingerprint density at radius 2 is 1.78 bits per heavy atom. The van der Waals surface area contributed by atoms with Gasteiger partial charge in [-0.2, -0.15) is 0 Å². The molecule has 1 atom stereocenters. The first-order valence-electron chi connectivity index (χ1n) is 7.23. The fraction of sp³-hybridized carbons (Fsp3) is 0.222. The number of esters is 1. The molecular formula is C18H19NO4. The van der Waals surface area contributed by atoms with Crippen LogP contribution in [0.1, 0.15) is 22.8 Å². The van der Waals surface area contributed by atoms with Crippen LogP contribution in [-0.4, -0.2) is 25.1 Å². The van der Waals surface area contributed by atoms with Crippen molar-refractivity contribution in [1.82, 2.24) is 0 Å². The first-order valence-corrected chi connectivity index (χ1v) is 7.23. The van der Waals surface area contributed by atoms with Crippen LogP contribution in [0.2, 0.25) is 0 Å². The fourth-order valence-electron chi connectivity index (χ4n) is 1.99. The zero-order chi connectivity index (χ0) is 16.8. The highest BCUT2D eigenvalue weighted by atomic mass is 16.5. The molecule has 0 aliphatic carbocycles. The van der Waals surface area contributed by atoms with E-state index in [0.29, 0.717) is 17.0 Å². The molecule has 0 bridgehead atoms. The van der Waals surface area contributed by atoms with E-state index in [9.17, 15) is 9.59 Å². The van der Waals surface area contributed by atoms with Crippen molar-refractivity contribution in [2.45, 2.75) is 20.0 Å². The Balaban J connectivity index is 2.08. The third-order valence-corrected chi connectivity index (χ3v) is 3.34. The third-order valence-electron chi connectivity index (χ3n) is 3.34. The van der Waals surface area contributed by atoms with Crippen LogP contribution in [0.25, 0.3) is 0 Å². The van der Waals surface area contributed by atoms with Crippen molar-refractivity contribution in [3.8, 4) is 5.75 Å². The monoisotopic (exact) mass is 313 g/mol. The first kappa shape index (κ1) is 16.5. The maximum absolute atomic E-state index is 12.3. The van der Waals surface area contributed by atoms with Crippen LogP contribution in [0.15, 0.2) is 48.5 Å². The molecule has 0 heterocycles. The summed E-state index contributed by atoms with van der Waals surface area (Å²) in [7, 11) is 1.32. The predicted molar refractivity (Wildman–Crippen MR) is 87.7 cm³/mol. The number of amides is 1. The molecule has 1 N–H and O–H groups in total. The smallest absolute Gasteiger partial charge is 0.337 e. The van der Waals surface area contributed by atoms with Crippen molar-refractivity contribution in [2.75, 3.05) is 12.4 Å². The molecule has 0 aliphatic rings. The summed E-state index contributed by atoms with van der Waals surface area (Å²) in [6.07, 6.45) is -0.668. The molecule has 1 unspecified atom stereocenters. The minimum Gasteiger partial charge on any atom is -0.481 e. The highest BCUT2D eigenvalue weighted by molar-refractivity contribution is 5.97. The number of rotatable bonds is 5.